The SMILES string of the molecule is N#Cc1nccnc1N1CCC(Cn2cnccc2=O)CC1. The highest BCUT2D eigenvalue weighted by Crippen LogP contribution is 2.23. The quantitative estimate of drug-likeness (QED) is 0.833. The van der Waals surface area contributed by atoms with Crippen LogP contribution in [0.25, 0.3) is 0 Å². The first-order valence-electron chi connectivity index (χ1n) is 7.24. The van der Waals surface area contributed by atoms with E-state index in [1.807, 2.05) is 0 Å². The van der Waals surface area contributed by atoms with Gasteiger partial charge in [0.2, 0.25) is 0 Å². The van der Waals surface area contributed by atoms with Gasteiger partial charge in [0.05, 0.1) is 6.33 Å². The number of nitriles is 1. The lowest BCUT2D eigenvalue weighted by atomic mass is 9.96. The molecule has 1 aliphatic heterocycles. The Morgan fingerprint density at radius 3 is 2.73 bits per heavy atom. The fourth-order valence-electron chi connectivity index (χ4n) is 2.76. The summed E-state index contributed by atoms with van der Waals surface area (Å²) >= 11 is 0. The molecule has 0 aliphatic carbocycles. The van der Waals surface area contributed by atoms with E-state index < -0.39 is 0 Å². The molecule has 0 atom stereocenters. The average molecular weight is 296 g/mol. The van der Waals surface area contributed by atoms with Crippen LogP contribution >= 0.6 is 0 Å². The maximum absolute atomic E-state index is 11.7. The number of hydrogen-bond donors (Lipinski definition) is 0. The zero-order chi connectivity index (χ0) is 15.4. The van der Waals surface area contributed by atoms with Crippen LogP contribution in [-0.4, -0.2) is 32.6 Å². The van der Waals surface area contributed by atoms with Gasteiger partial charge >= 0.3 is 0 Å². The first-order chi connectivity index (χ1) is 10.8. The van der Waals surface area contributed by atoms with Gasteiger partial charge in [-0.2, -0.15) is 5.26 Å². The van der Waals surface area contributed by atoms with Gasteiger partial charge in [-0.15, -0.1) is 0 Å². The van der Waals surface area contributed by atoms with Crippen LogP contribution in [0.4, 0.5) is 5.82 Å². The summed E-state index contributed by atoms with van der Waals surface area (Å²) in [6, 6.07) is 3.56. The summed E-state index contributed by atoms with van der Waals surface area (Å²) < 4.78 is 1.66. The molecule has 0 saturated carbocycles. The Kier molecular flexibility index (Phi) is 4.10. The largest absolute Gasteiger partial charge is 0.354 e. The van der Waals surface area contributed by atoms with Crippen molar-refractivity contribution in [3.05, 3.63) is 47.0 Å². The first kappa shape index (κ1) is 14.2. The van der Waals surface area contributed by atoms with Gasteiger partial charge in [0.1, 0.15) is 6.07 Å². The Morgan fingerprint density at radius 1 is 1.23 bits per heavy atom. The predicted octanol–water partition coefficient (Wildman–Crippen LogP) is 0.822. The van der Waals surface area contributed by atoms with Crippen molar-refractivity contribution in [3.63, 3.8) is 0 Å². The molecule has 7 heteroatoms. The van der Waals surface area contributed by atoms with E-state index in [9.17, 15) is 4.79 Å². The molecule has 1 aliphatic rings. The lowest BCUT2D eigenvalue weighted by Crippen LogP contribution is -2.37. The van der Waals surface area contributed by atoms with Crippen LogP contribution in [0.1, 0.15) is 18.5 Å². The topological polar surface area (TPSA) is 87.7 Å². The van der Waals surface area contributed by atoms with E-state index in [4.69, 9.17) is 5.26 Å². The van der Waals surface area contributed by atoms with Crippen LogP contribution in [0.3, 0.4) is 0 Å². The van der Waals surface area contributed by atoms with Crippen LogP contribution in [0, 0.1) is 17.2 Å². The molecule has 0 bridgehead atoms. The fraction of sp³-hybridized carbons (Fsp3) is 0.400. The van der Waals surface area contributed by atoms with Crippen LogP contribution in [0.15, 0.2) is 35.8 Å². The highest BCUT2D eigenvalue weighted by atomic mass is 16.1. The number of rotatable bonds is 3. The molecule has 1 saturated heterocycles. The Morgan fingerprint density at radius 2 is 2.00 bits per heavy atom. The molecule has 0 radical (unpaired) electrons. The van der Waals surface area contributed by atoms with Gasteiger partial charge < -0.3 is 4.90 Å². The molecule has 0 unspecified atom stereocenters. The third-order valence-electron chi connectivity index (χ3n) is 3.95. The summed E-state index contributed by atoms with van der Waals surface area (Å²) in [4.78, 5) is 26.1. The van der Waals surface area contributed by atoms with Crippen LogP contribution in [-0.2, 0) is 6.54 Å². The number of hydrogen-bond acceptors (Lipinski definition) is 6. The summed E-state index contributed by atoms with van der Waals surface area (Å²) in [5, 5.41) is 9.10. The van der Waals surface area contributed by atoms with E-state index in [0.717, 1.165) is 25.9 Å². The number of nitrogens with zero attached hydrogens (tertiary/aromatic N) is 6. The molecule has 2 aromatic heterocycles. The maximum Gasteiger partial charge on any atom is 0.253 e. The Balaban J connectivity index is 1.65. The molecule has 1 fully saturated rings. The maximum atomic E-state index is 11.7. The van der Waals surface area contributed by atoms with Crippen molar-refractivity contribution < 1.29 is 0 Å². The molecular weight excluding hydrogens is 280 g/mol. The lowest BCUT2D eigenvalue weighted by molar-refractivity contribution is 0.350. The molecule has 3 heterocycles. The first-order valence-corrected chi connectivity index (χ1v) is 7.24. The van der Waals surface area contributed by atoms with Crippen LogP contribution in [0.2, 0.25) is 0 Å². The Bertz CT molecular complexity index is 742. The second-order valence-corrected chi connectivity index (χ2v) is 5.34. The number of piperidine rings is 1. The average Bonchev–Trinajstić information content (AvgIpc) is 2.58. The van der Waals surface area contributed by atoms with Crippen molar-refractivity contribution in [1.82, 2.24) is 19.5 Å². The number of anilines is 1. The molecule has 0 spiro atoms. The van der Waals surface area contributed by atoms with Gasteiger partial charge in [-0.3, -0.25) is 9.36 Å². The van der Waals surface area contributed by atoms with Gasteiger partial charge in [-0.25, -0.2) is 15.0 Å². The van der Waals surface area contributed by atoms with Crippen molar-refractivity contribution in [3.8, 4) is 6.07 Å². The lowest BCUT2D eigenvalue weighted by Gasteiger charge is -2.33. The number of aromatic nitrogens is 4. The van der Waals surface area contributed by atoms with E-state index in [1.54, 1.807) is 17.1 Å². The standard InChI is InChI=1S/C15H16N6O/c16-9-13-15(19-6-5-18-13)20-7-2-12(3-8-20)10-21-11-17-4-1-14(21)22/h1,4-6,11-12H,2-3,7-8,10H2. The molecule has 22 heavy (non-hydrogen) atoms. The fourth-order valence-corrected chi connectivity index (χ4v) is 2.76. The summed E-state index contributed by atoms with van der Waals surface area (Å²) in [6.45, 7) is 2.31. The van der Waals surface area contributed by atoms with E-state index in [0.29, 0.717) is 24.0 Å². The van der Waals surface area contributed by atoms with Crippen molar-refractivity contribution in [2.24, 2.45) is 5.92 Å². The van der Waals surface area contributed by atoms with Crippen molar-refractivity contribution in [1.29, 1.82) is 5.26 Å². The summed E-state index contributed by atoms with van der Waals surface area (Å²) in [7, 11) is 0. The van der Waals surface area contributed by atoms with Crippen molar-refractivity contribution in [2.45, 2.75) is 19.4 Å². The highest BCUT2D eigenvalue weighted by Gasteiger charge is 2.22. The normalized spacial score (nSPS) is 15.5. The van der Waals surface area contributed by atoms with Gasteiger partial charge in [0, 0.05) is 44.3 Å². The summed E-state index contributed by atoms with van der Waals surface area (Å²) in [6.07, 6.45) is 8.14. The zero-order valence-electron chi connectivity index (χ0n) is 12.1. The van der Waals surface area contributed by atoms with Gasteiger partial charge in [-0.1, -0.05) is 0 Å². The predicted molar refractivity (Wildman–Crippen MR) is 80.2 cm³/mol. The minimum Gasteiger partial charge on any atom is -0.354 e. The third-order valence-corrected chi connectivity index (χ3v) is 3.95. The molecule has 0 amide bonds. The third kappa shape index (κ3) is 2.96. The van der Waals surface area contributed by atoms with Crippen molar-refractivity contribution >= 4 is 5.82 Å². The summed E-state index contributed by atoms with van der Waals surface area (Å²) in [5.74, 6) is 1.09. The minimum atomic E-state index is -0.0156. The van der Waals surface area contributed by atoms with E-state index in [-0.39, 0.29) is 5.56 Å². The van der Waals surface area contributed by atoms with Crippen LogP contribution < -0.4 is 10.5 Å². The van der Waals surface area contributed by atoms with Crippen molar-refractivity contribution in [2.75, 3.05) is 18.0 Å². The summed E-state index contributed by atoms with van der Waals surface area (Å²) in [5.41, 5.74) is 0.350. The minimum absolute atomic E-state index is 0.0156. The molecule has 0 N–H and O–H groups in total. The molecule has 7 nitrogen and oxygen atoms in total. The second kappa shape index (κ2) is 6.35. The Hall–Kier alpha value is -2.75. The zero-order valence-corrected chi connectivity index (χ0v) is 12.1. The molecule has 112 valence electrons. The second-order valence-electron chi connectivity index (χ2n) is 5.34. The van der Waals surface area contributed by atoms with Gasteiger partial charge in [-0.05, 0) is 18.8 Å². The smallest absolute Gasteiger partial charge is 0.253 e. The van der Waals surface area contributed by atoms with E-state index >= 15 is 0 Å². The molecule has 0 aromatic carbocycles. The Labute approximate surface area is 127 Å². The van der Waals surface area contributed by atoms with Gasteiger partial charge in [0.15, 0.2) is 11.5 Å². The van der Waals surface area contributed by atoms with Gasteiger partial charge in [0.25, 0.3) is 5.56 Å². The molecule has 2 aromatic rings. The molecular formula is C15H16N6O. The highest BCUT2D eigenvalue weighted by molar-refractivity contribution is 5.49. The van der Waals surface area contributed by atoms with E-state index in [1.165, 1.54) is 18.5 Å². The monoisotopic (exact) mass is 296 g/mol. The van der Waals surface area contributed by atoms with Crippen LogP contribution in [0.5, 0.6) is 0 Å². The van der Waals surface area contributed by atoms with E-state index in [2.05, 4.69) is 25.9 Å². The molecule has 3 rings (SSSR count).